The third-order valence-corrected chi connectivity index (χ3v) is 5.62. The Hall–Kier alpha value is -4.57. The minimum Gasteiger partial charge on any atom is -0.493 e. The molecule has 0 aliphatic carbocycles. The molecular formula is C27H23N5O2. The number of imidazole rings is 1. The number of methoxy groups -OCH3 is 1. The molecule has 0 fully saturated rings. The number of nitriles is 1. The predicted molar refractivity (Wildman–Crippen MR) is 130 cm³/mol. The Kier molecular flexibility index (Phi) is 5.95. The van der Waals surface area contributed by atoms with Gasteiger partial charge in [0.1, 0.15) is 5.69 Å². The number of aromatic nitrogens is 4. The summed E-state index contributed by atoms with van der Waals surface area (Å²) in [6.45, 7) is 0.804. The van der Waals surface area contributed by atoms with Crippen molar-refractivity contribution in [2.75, 3.05) is 7.11 Å². The zero-order valence-electron chi connectivity index (χ0n) is 18.8. The molecule has 0 aliphatic heterocycles. The molecule has 0 radical (unpaired) electrons. The summed E-state index contributed by atoms with van der Waals surface area (Å²) in [4.78, 5) is 4.07. The van der Waals surface area contributed by atoms with Gasteiger partial charge in [0.25, 0.3) is 0 Å². The molecule has 34 heavy (non-hydrogen) atoms. The van der Waals surface area contributed by atoms with Crippen LogP contribution in [-0.2, 0) is 6.54 Å². The van der Waals surface area contributed by atoms with Crippen LogP contribution < -0.4 is 4.74 Å². The highest BCUT2D eigenvalue weighted by molar-refractivity contribution is 5.88. The fourth-order valence-electron chi connectivity index (χ4n) is 3.93. The van der Waals surface area contributed by atoms with Crippen LogP contribution in [0, 0.1) is 11.3 Å². The molecule has 7 nitrogen and oxygen atoms in total. The minimum atomic E-state index is 0.621. The van der Waals surface area contributed by atoms with Crippen LogP contribution in [0.15, 0.2) is 89.5 Å². The van der Waals surface area contributed by atoms with Crippen molar-refractivity contribution in [1.82, 2.24) is 19.3 Å². The van der Waals surface area contributed by atoms with Crippen molar-refractivity contribution >= 4 is 17.0 Å². The predicted octanol–water partition coefficient (Wildman–Crippen LogP) is 5.88. The van der Waals surface area contributed by atoms with E-state index in [4.69, 9.17) is 14.3 Å². The number of aryl methyl sites for hydroxylation is 1. The van der Waals surface area contributed by atoms with Crippen LogP contribution in [0.4, 0.5) is 0 Å². The van der Waals surface area contributed by atoms with Gasteiger partial charge in [-0.1, -0.05) is 30.3 Å². The van der Waals surface area contributed by atoms with Crippen molar-refractivity contribution in [3.05, 3.63) is 90.7 Å². The standard InChI is InChI=1S/C27H23N5O2/c1-33-24-11-5-8-21-16-25(34-27(21)24)26-22(18-32(30-26)23-9-3-2-4-10-23)15-20(17-28)7-6-13-31-14-12-29-19-31/h2-5,8-12,14-16,18-19H,6-7,13H2,1H3. The number of rotatable bonds is 8. The van der Waals surface area contributed by atoms with E-state index in [1.54, 1.807) is 19.6 Å². The second-order valence-electron chi connectivity index (χ2n) is 7.89. The lowest BCUT2D eigenvalue weighted by molar-refractivity contribution is 0.411. The van der Waals surface area contributed by atoms with Crippen molar-refractivity contribution in [2.45, 2.75) is 19.4 Å². The Labute approximate surface area is 197 Å². The van der Waals surface area contributed by atoms with Crippen molar-refractivity contribution in [3.63, 3.8) is 0 Å². The maximum absolute atomic E-state index is 9.81. The Bertz CT molecular complexity index is 1470. The van der Waals surface area contributed by atoms with Gasteiger partial charge in [-0.25, -0.2) is 9.67 Å². The molecule has 0 bridgehead atoms. The van der Waals surface area contributed by atoms with E-state index >= 15 is 0 Å². The molecule has 0 atom stereocenters. The van der Waals surface area contributed by atoms with Crippen molar-refractivity contribution in [3.8, 4) is 29.0 Å². The Morgan fingerprint density at radius 1 is 1.18 bits per heavy atom. The molecule has 0 spiro atoms. The van der Waals surface area contributed by atoms with E-state index < -0.39 is 0 Å². The van der Waals surface area contributed by atoms with Crippen molar-refractivity contribution < 1.29 is 9.15 Å². The topological polar surface area (TPSA) is 81.8 Å². The Morgan fingerprint density at radius 2 is 2.06 bits per heavy atom. The molecule has 3 aromatic heterocycles. The highest BCUT2D eigenvalue weighted by Gasteiger charge is 2.17. The molecule has 7 heteroatoms. The lowest BCUT2D eigenvalue weighted by Crippen LogP contribution is -1.94. The first kappa shape index (κ1) is 21.3. The fraction of sp³-hybridized carbons (Fsp3) is 0.148. The monoisotopic (exact) mass is 449 g/mol. The van der Waals surface area contributed by atoms with Crippen LogP contribution in [0.25, 0.3) is 34.2 Å². The molecule has 168 valence electrons. The first-order valence-corrected chi connectivity index (χ1v) is 11.0. The highest BCUT2D eigenvalue weighted by atomic mass is 16.5. The van der Waals surface area contributed by atoms with Gasteiger partial charge in [-0.05, 0) is 43.2 Å². The number of ether oxygens (including phenoxy) is 1. The second-order valence-corrected chi connectivity index (χ2v) is 7.89. The van der Waals surface area contributed by atoms with E-state index in [0.717, 1.165) is 29.6 Å². The minimum absolute atomic E-state index is 0.621. The second kappa shape index (κ2) is 9.51. The van der Waals surface area contributed by atoms with Gasteiger partial charge in [-0.2, -0.15) is 10.4 Å². The van der Waals surface area contributed by atoms with Crippen LogP contribution in [-0.4, -0.2) is 26.4 Å². The van der Waals surface area contributed by atoms with Crippen LogP contribution >= 0.6 is 0 Å². The first-order chi connectivity index (χ1) is 16.7. The Morgan fingerprint density at radius 3 is 2.82 bits per heavy atom. The molecule has 0 aliphatic rings. The summed E-state index contributed by atoms with van der Waals surface area (Å²) in [5.41, 5.74) is 3.77. The summed E-state index contributed by atoms with van der Waals surface area (Å²) in [5.74, 6) is 1.29. The summed E-state index contributed by atoms with van der Waals surface area (Å²) >= 11 is 0. The SMILES string of the molecule is COc1cccc2cc(-c3nn(-c4ccccc4)cc3C=C(C#N)CCCn3ccnc3)oc12. The third kappa shape index (κ3) is 4.34. The van der Waals surface area contributed by atoms with Crippen LogP contribution in [0.5, 0.6) is 5.75 Å². The smallest absolute Gasteiger partial charge is 0.176 e. The molecular weight excluding hydrogens is 426 g/mol. The van der Waals surface area contributed by atoms with Gasteiger partial charge in [0.2, 0.25) is 0 Å². The number of allylic oxidation sites excluding steroid dienone is 1. The quantitative estimate of drug-likeness (QED) is 0.276. The van der Waals surface area contributed by atoms with Crippen molar-refractivity contribution in [1.29, 1.82) is 5.26 Å². The van der Waals surface area contributed by atoms with E-state index in [0.29, 0.717) is 34.8 Å². The van der Waals surface area contributed by atoms with E-state index in [2.05, 4.69) is 11.1 Å². The summed E-state index contributed by atoms with van der Waals surface area (Å²) in [6.07, 6.45) is 10.8. The average molecular weight is 450 g/mol. The zero-order valence-corrected chi connectivity index (χ0v) is 18.8. The highest BCUT2D eigenvalue weighted by Crippen LogP contribution is 2.35. The van der Waals surface area contributed by atoms with Gasteiger partial charge >= 0.3 is 0 Å². The molecule has 0 N–H and O–H groups in total. The molecule has 0 unspecified atom stereocenters. The summed E-state index contributed by atoms with van der Waals surface area (Å²) in [6, 6.07) is 20.0. The van der Waals surface area contributed by atoms with Gasteiger partial charge < -0.3 is 13.7 Å². The van der Waals surface area contributed by atoms with Crippen LogP contribution in [0.2, 0.25) is 0 Å². The van der Waals surface area contributed by atoms with Gasteiger partial charge in [-0.15, -0.1) is 0 Å². The maximum Gasteiger partial charge on any atom is 0.176 e. The number of furan rings is 1. The van der Waals surface area contributed by atoms with Crippen LogP contribution in [0.3, 0.4) is 0 Å². The molecule has 0 saturated heterocycles. The van der Waals surface area contributed by atoms with E-state index in [1.807, 2.05) is 82.3 Å². The van der Waals surface area contributed by atoms with E-state index in [9.17, 15) is 5.26 Å². The van der Waals surface area contributed by atoms with Crippen molar-refractivity contribution in [2.24, 2.45) is 0 Å². The van der Waals surface area contributed by atoms with Gasteiger partial charge in [-0.3, -0.25) is 0 Å². The number of para-hydroxylation sites is 2. The van der Waals surface area contributed by atoms with Gasteiger partial charge in [0.05, 0.1) is 25.2 Å². The van der Waals surface area contributed by atoms with Gasteiger partial charge in [0, 0.05) is 41.7 Å². The number of hydrogen-bond donors (Lipinski definition) is 0. The lowest BCUT2D eigenvalue weighted by Gasteiger charge is -2.02. The largest absolute Gasteiger partial charge is 0.493 e. The fourth-order valence-corrected chi connectivity index (χ4v) is 3.93. The normalized spacial score (nSPS) is 11.6. The Balaban J connectivity index is 1.53. The first-order valence-electron chi connectivity index (χ1n) is 11.0. The molecule has 5 aromatic rings. The summed E-state index contributed by atoms with van der Waals surface area (Å²) < 4.78 is 15.5. The van der Waals surface area contributed by atoms with E-state index in [-0.39, 0.29) is 0 Å². The average Bonchev–Trinajstić information content (AvgIpc) is 3.63. The number of fused-ring (bicyclic) bond motifs is 1. The number of nitrogens with zero attached hydrogens (tertiary/aromatic N) is 5. The molecule has 2 aromatic carbocycles. The third-order valence-electron chi connectivity index (χ3n) is 5.62. The molecule has 0 saturated carbocycles. The molecule has 3 heterocycles. The lowest BCUT2D eigenvalue weighted by atomic mass is 10.1. The van der Waals surface area contributed by atoms with E-state index in [1.165, 1.54) is 0 Å². The van der Waals surface area contributed by atoms with Crippen LogP contribution in [0.1, 0.15) is 18.4 Å². The van der Waals surface area contributed by atoms with Gasteiger partial charge in [0.15, 0.2) is 17.1 Å². The number of benzene rings is 2. The molecule has 0 amide bonds. The molecule has 5 rings (SSSR count). The maximum atomic E-state index is 9.81. The summed E-state index contributed by atoms with van der Waals surface area (Å²) in [5, 5.41) is 15.6. The summed E-state index contributed by atoms with van der Waals surface area (Å²) in [7, 11) is 1.62. The number of hydrogen-bond acceptors (Lipinski definition) is 5. The zero-order chi connectivity index (χ0) is 23.3.